The van der Waals surface area contributed by atoms with Crippen molar-refractivity contribution in [2.45, 2.75) is 52.9 Å². The third-order valence-corrected chi connectivity index (χ3v) is 2.19. The highest BCUT2D eigenvalue weighted by Crippen LogP contribution is 2.04. The molecule has 0 amide bonds. The molecule has 0 spiro atoms. The summed E-state index contributed by atoms with van der Waals surface area (Å²) in [5.74, 6) is -0.0223. The minimum atomic E-state index is -0.328. The Morgan fingerprint density at radius 1 is 1.00 bits per heavy atom. The molecule has 0 fully saturated rings. The Morgan fingerprint density at radius 2 is 1.53 bits per heavy atom. The van der Waals surface area contributed by atoms with Crippen molar-refractivity contribution in [3.05, 3.63) is 0 Å². The Kier molecular flexibility index (Phi) is 9.49. The summed E-state index contributed by atoms with van der Waals surface area (Å²) in [7, 11) is 0. The summed E-state index contributed by atoms with van der Waals surface area (Å²) >= 11 is 0. The minimum absolute atomic E-state index is 0.114. The summed E-state index contributed by atoms with van der Waals surface area (Å²) in [5.41, 5.74) is 0. The zero-order valence-electron chi connectivity index (χ0n) is 11.2. The molecule has 0 N–H and O–H groups in total. The monoisotopic (exact) mass is 244 g/mol. The van der Waals surface area contributed by atoms with E-state index in [4.69, 9.17) is 9.47 Å². The third-order valence-electron chi connectivity index (χ3n) is 2.19. The lowest BCUT2D eigenvalue weighted by atomic mass is 10.1. The zero-order chi connectivity index (χ0) is 13.1. The first-order valence-corrected chi connectivity index (χ1v) is 6.37. The molecule has 0 unspecified atom stereocenters. The highest BCUT2D eigenvalue weighted by Gasteiger charge is 2.08. The zero-order valence-corrected chi connectivity index (χ0v) is 11.2. The van der Waals surface area contributed by atoms with E-state index in [1.807, 2.05) is 6.92 Å². The summed E-state index contributed by atoms with van der Waals surface area (Å²) < 4.78 is 9.85. The van der Waals surface area contributed by atoms with Gasteiger partial charge in [-0.25, -0.2) is 0 Å². The number of ether oxygens (including phenoxy) is 2. The lowest BCUT2D eigenvalue weighted by molar-refractivity contribution is -0.150. The van der Waals surface area contributed by atoms with E-state index in [1.165, 1.54) is 0 Å². The number of carbonyl (C=O) groups is 2. The van der Waals surface area contributed by atoms with E-state index in [0.29, 0.717) is 19.1 Å². The first-order chi connectivity index (χ1) is 8.06. The van der Waals surface area contributed by atoms with Gasteiger partial charge >= 0.3 is 11.9 Å². The Balaban J connectivity index is 3.43. The number of hydrogen-bond donors (Lipinski definition) is 0. The Morgan fingerprint density at radius 3 is 2.00 bits per heavy atom. The molecule has 0 aliphatic rings. The summed E-state index contributed by atoms with van der Waals surface area (Å²) in [4.78, 5) is 22.3. The second kappa shape index (κ2) is 10.1. The van der Waals surface area contributed by atoms with Crippen LogP contribution in [-0.2, 0) is 19.1 Å². The van der Waals surface area contributed by atoms with Crippen molar-refractivity contribution in [3.63, 3.8) is 0 Å². The lowest BCUT2D eigenvalue weighted by Gasteiger charge is -2.06. The molecule has 4 nitrogen and oxygen atoms in total. The predicted octanol–water partition coefficient (Wildman–Crippen LogP) is 2.70. The van der Waals surface area contributed by atoms with E-state index < -0.39 is 0 Å². The van der Waals surface area contributed by atoms with Crippen molar-refractivity contribution in [1.82, 2.24) is 0 Å². The molecule has 0 radical (unpaired) electrons. The van der Waals surface area contributed by atoms with Gasteiger partial charge in [-0.3, -0.25) is 9.59 Å². The van der Waals surface area contributed by atoms with Gasteiger partial charge in [0.15, 0.2) is 0 Å². The van der Waals surface area contributed by atoms with Crippen LogP contribution in [0.2, 0.25) is 0 Å². The van der Waals surface area contributed by atoms with Gasteiger partial charge in [0.25, 0.3) is 0 Å². The van der Waals surface area contributed by atoms with E-state index in [1.54, 1.807) is 0 Å². The number of esters is 2. The second-order valence-electron chi connectivity index (χ2n) is 4.48. The van der Waals surface area contributed by atoms with E-state index >= 15 is 0 Å². The highest BCUT2D eigenvalue weighted by atomic mass is 16.5. The molecule has 0 aromatic rings. The van der Waals surface area contributed by atoms with Crippen molar-refractivity contribution >= 4 is 11.9 Å². The van der Waals surface area contributed by atoms with Crippen LogP contribution in [0.25, 0.3) is 0 Å². The minimum Gasteiger partial charge on any atom is -0.466 e. The van der Waals surface area contributed by atoms with Crippen molar-refractivity contribution in [1.29, 1.82) is 0 Å². The molecule has 17 heavy (non-hydrogen) atoms. The lowest BCUT2D eigenvalue weighted by Crippen LogP contribution is -2.11. The maximum absolute atomic E-state index is 11.2. The average molecular weight is 244 g/mol. The molecule has 4 heteroatoms. The number of rotatable bonds is 9. The van der Waals surface area contributed by atoms with Crippen LogP contribution in [-0.4, -0.2) is 25.2 Å². The first kappa shape index (κ1) is 15.9. The van der Waals surface area contributed by atoms with Crippen molar-refractivity contribution in [2.24, 2.45) is 5.92 Å². The summed E-state index contributed by atoms with van der Waals surface area (Å²) in [6.07, 6.45) is 2.95. The van der Waals surface area contributed by atoms with Crippen LogP contribution in [0.5, 0.6) is 0 Å². The van der Waals surface area contributed by atoms with Gasteiger partial charge in [0.2, 0.25) is 0 Å². The molecule has 0 atom stereocenters. The van der Waals surface area contributed by atoms with Crippen molar-refractivity contribution in [2.75, 3.05) is 13.2 Å². The SMILES string of the molecule is CCCOC(=O)CCC(=O)OCCCC(C)C. The summed E-state index contributed by atoms with van der Waals surface area (Å²) in [5, 5.41) is 0. The standard InChI is InChI=1S/C13H24O4/c1-4-9-16-12(14)7-8-13(15)17-10-5-6-11(2)3/h11H,4-10H2,1-3H3. The van der Waals surface area contributed by atoms with Gasteiger partial charge in [-0.2, -0.15) is 0 Å². The second-order valence-corrected chi connectivity index (χ2v) is 4.48. The molecule has 0 aliphatic carbocycles. The van der Waals surface area contributed by atoms with Crippen molar-refractivity contribution < 1.29 is 19.1 Å². The molecule has 0 aliphatic heterocycles. The smallest absolute Gasteiger partial charge is 0.306 e. The first-order valence-electron chi connectivity index (χ1n) is 6.37. The van der Waals surface area contributed by atoms with Crippen LogP contribution in [0.1, 0.15) is 52.9 Å². The molecular formula is C13H24O4. The van der Waals surface area contributed by atoms with E-state index in [0.717, 1.165) is 19.3 Å². The van der Waals surface area contributed by atoms with Crippen molar-refractivity contribution in [3.8, 4) is 0 Å². The predicted molar refractivity (Wildman–Crippen MR) is 65.5 cm³/mol. The van der Waals surface area contributed by atoms with E-state index in [-0.39, 0.29) is 24.8 Å². The van der Waals surface area contributed by atoms with E-state index in [9.17, 15) is 9.59 Å². The largest absolute Gasteiger partial charge is 0.466 e. The van der Waals surface area contributed by atoms with Gasteiger partial charge in [0, 0.05) is 0 Å². The maximum Gasteiger partial charge on any atom is 0.306 e. The molecule has 0 aromatic heterocycles. The summed E-state index contributed by atoms with van der Waals surface area (Å²) in [6, 6.07) is 0. The molecule has 100 valence electrons. The number of hydrogen-bond acceptors (Lipinski definition) is 4. The Hall–Kier alpha value is -1.06. The molecule has 0 aromatic carbocycles. The van der Waals surface area contributed by atoms with Crippen LogP contribution >= 0.6 is 0 Å². The Bertz CT molecular complexity index is 223. The molecule has 0 saturated heterocycles. The Labute approximate surface area is 104 Å². The topological polar surface area (TPSA) is 52.6 Å². The highest BCUT2D eigenvalue weighted by molar-refractivity contribution is 5.77. The normalized spacial score (nSPS) is 10.4. The molecule has 0 bridgehead atoms. The van der Waals surface area contributed by atoms with Gasteiger partial charge in [-0.05, 0) is 25.2 Å². The molecule has 0 heterocycles. The van der Waals surface area contributed by atoms with Crippen LogP contribution in [0.4, 0.5) is 0 Å². The van der Waals surface area contributed by atoms with Crippen LogP contribution in [0.15, 0.2) is 0 Å². The maximum atomic E-state index is 11.2. The summed E-state index contributed by atoms with van der Waals surface area (Å²) in [6.45, 7) is 7.05. The van der Waals surface area contributed by atoms with Gasteiger partial charge in [-0.1, -0.05) is 20.8 Å². The number of carbonyl (C=O) groups excluding carboxylic acids is 2. The van der Waals surface area contributed by atoms with E-state index in [2.05, 4.69) is 13.8 Å². The fourth-order valence-corrected chi connectivity index (χ4v) is 1.24. The van der Waals surface area contributed by atoms with Gasteiger partial charge < -0.3 is 9.47 Å². The quantitative estimate of drug-likeness (QED) is 0.462. The molecular weight excluding hydrogens is 220 g/mol. The van der Waals surface area contributed by atoms with Crippen LogP contribution in [0.3, 0.4) is 0 Å². The fraction of sp³-hybridized carbons (Fsp3) is 0.846. The average Bonchev–Trinajstić information content (AvgIpc) is 2.29. The third kappa shape index (κ3) is 11.2. The molecule has 0 rings (SSSR count). The van der Waals surface area contributed by atoms with Crippen LogP contribution in [0, 0.1) is 5.92 Å². The van der Waals surface area contributed by atoms with Crippen LogP contribution < -0.4 is 0 Å². The molecule has 0 saturated carbocycles. The fourth-order valence-electron chi connectivity index (χ4n) is 1.24. The van der Waals surface area contributed by atoms with Gasteiger partial charge in [0.05, 0.1) is 26.1 Å². The van der Waals surface area contributed by atoms with Gasteiger partial charge in [-0.15, -0.1) is 0 Å². The van der Waals surface area contributed by atoms with Gasteiger partial charge in [0.1, 0.15) is 0 Å².